The number of esters is 3. The molecule has 0 saturated heterocycles. The molecule has 0 amide bonds. The van der Waals surface area contributed by atoms with Gasteiger partial charge < -0.3 is 14.2 Å². The van der Waals surface area contributed by atoms with Gasteiger partial charge in [0.2, 0.25) is 0 Å². The fourth-order valence-corrected chi connectivity index (χ4v) is 11.3. The van der Waals surface area contributed by atoms with Crippen molar-refractivity contribution in [1.82, 2.24) is 0 Å². The molecular weight excluding hydrogens is 1010 g/mol. The Kier molecular flexibility index (Phi) is 69.1. The predicted molar refractivity (Wildman–Crippen MR) is 358 cm³/mol. The van der Waals surface area contributed by atoms with Crippen LogP contribution in [0.1, 0.15) is 412 Å². The van der Waals surface area contributed by atoms with E-state index in [-0.39, 0.29) is 31.1 Å². The highest BCUT2D eigenvalue weighted by atomic mass is 16.6. The van der Waals surface area contributed by atoms with E-state index in [1.54, 1.807) is 0 Å². The number of rotatable bonds is 69. The van der Waals surface area contributed by atoms with Gasteiger partial charge in [-0.15, -0.1) is 0 Å². The molecule has 0 aromatic carbocycles. The van der Waals surface area contributed by atoms with Crippen LogP contribution in [0.5, 0.6) is 0 Å². The summed E-state index contributed by atoms with van der Waals surface area (Å²) in [5.41, 5.74) is 0. The zero-order chi connectivity index (χ0) is 59.2. The Balaban J connectivity index is 4.24. The molecule has 0 saturated carbocycles. The summed E-state index contributed by atoms with van der Waals surface area (Å²) in [6.07, 6.45) is 89.0. The van der Waals surface area contributed by atoms with Crippen LogP contribution in [0.15, 0.2) is 36.5 Å². The molecule has 0 rings (SSSR count). The van der Waals surface area contributed by atoms with Gasteiger partial charge in [-0.1, -0.05) is 353 Å². The van der Waals surface area contributed by atoms with Crippen molar-refractivity contribution < 1.29 is 28.6 Å². The van der Waals surface area contributed by atoms with Gasteiger partial charge in [0, 0.05) is 19.3 Å². The third kappa shape index (κ3) is 68.4. The number of unbranched alkanes of at least 4 members (excludes halogenated alkanes) is 52. The molecule has 6 heteroatoms. The number of allylic oxidation sites excluding steroid dienone is 6. The van der Waals surface area contributed by atoms with Crippen LogP contribution in [0.25, 0.3) is 0 Å². The van der Waals surface area contributed by atoms with Gasteiger partial charge in [0.15, 0.2) is 6.10 Å². The Hall–Kier alpha value is -2.37. The summed E-state index contributed by atoms with van der Waals surface area (Å²) in [7, 11) is 0. The van der Waals surface area contributed by atoms with Crippen molar-refractivity contribution in [1.29, 1.82) is 0 Å². The summed E-state index contributed by atoms with van der Waals surface area (Å²) >= 11 is 0. The third-order valence-electron chi connectivity index (χ3n) is 16.9. The van der Waals surface area contributed by atoms with Gasteiger partial charge in [-0.05, 0) is 77.0 Å². The van der Waals surface area contributed by atoms with E-state index in [0.717, 1.165) is 70.6 Å². The molecule has 0 heterocycles. The van der Waals surface area contributed by atoms with Crippen molar-refractivity contribution in [3.8, 4) is 0 Å². The smallest absolute Gasteiger partial charge is 0.306 e. The van der Waals surface area contributed by atoms with Gasteiger partial charge in [-0.25, -0.2) is 0 Å². The maximum Gasteiger partial charge on any atom is 0.306 e. The van der Waals surface area contributed by atoms with E-state index in [0.29, 0.717) is 19.3 Å². The molecule has 6 nitrogen and oxygen atoms in total. The van der Waals surface area contributed by atoms with E-state index in [4.69, 9.17) is 14.2 Å². The van der Waals surface area contributed by atoms with Crippen molar-refractivity contribution in [2.24, 2.45) is 0 Å². The van der Waals surface area contributed by atoms with Gasteiger partial charge in [0.25, 0.3) is 0 Å². The Labute approximate surface area is 512 Å². The van der Waals surface area contributed by atoms with Crippen molar-refractivity contribution in [3.63, 3.8) is 0 Å². The molecule has 0 bridgehead atoms. The van der Waals surface area contributed by atoms with Crippen molar-refractivity contribution >= 4 is 17.9 Å². The standard InChI is InChI=1S/C76H142O6/c1-4-7-10-13-16-19-22-25-28-30-32-34-36-37-38-39-40-42-43-45-48-51-54-57-60-63-66-69-75(78)81-72-73(71-80-74(77)68-65-62-59-56-53-50-47-27-24-21-18-15-12-9-6-3)82-76(79)70-67-64-61-58-55-52-49-46-44-41-35-33-31-29-26-23-20-17-14-11-8-5-2/h22,25,27,30,32,47,73H,4-21,23-24,26,28-29,31,33-46,48-72H2,1-3H3/b25-22-,32-30-,47-27-. The SMILES string of the molecule is CCCCCCC/C=C\C/C=C\CCCCCCCCCCCCCCCCCC(=O)OCC(COC(=O)CCCCCCC/C=C\CCCCCCCC)OC(=O)CCCCCCCCCCCCCCCCCCCCCCCC. The molecule has 1 unspecified atom stereocenters. The molecule has 82 heavy (non-hydrogen) atoms. The Morgan fingerprint density at radius 1 is 0.244 bits per heavy atom. The molecule has 1 atom stereocenters. The monoisotopic (exact) mass is 1150 g/mol. The fraction of sp³-hybridized carbons (Fsp3) is 0.882. The largest absolute Gasteiger partial charge is 0.462 e. The Morgan fingerprint density at radius 3 is 0.683 bits per heavy atom. The summed E-state index contributed by atoms with van der Waals surface area (Å²) < 4.78 is 17.0. The molecule has 0 radical (unpaired) electrons. The maximum atomic E-state index is 13.0. The lowest BCUT2D eigenvalue weighted by atomic mass is 10.0. The van der Waals surface area contributed by atoms with E-state index in [2.05, 4.69) is 57.2 Å². The molecule has 0 aromatic rings. The average Bonchev–Trinajstić information content (AvgIpc) is 3.47. The lowest BCUT2D eigenvalue weighted by Crippen LogP contribution is -2.30. The van der Waals surface area contributed by atoms with Crippen LogP contribution in [-0.4, -0.2) is 37.2 Å². The second kappa shape index (κ2) is 71.1. The first-order valence-electron chi connectivity index (χ1n) is 37.0. The molecule has 0 aliphatic carbocycles. The van der Waals surface area contributed by atoms with E-state index in [1.807, 2.05) is 0 Å². The first-order chi connectivity index (χ1) is 40.5. The van der Waals surface area contributed by atoms with E-state index < -0.39 is 6.10 Å². The Morgan fingerprint density at radius 2 is 0.439 bits per heavy atom. The lowest BCUT2D eigenvalue weighted by Gasteiger charge is -2.18. The second-order valence-corrected chi connectivity index (χ2v) is 25.2. The number of hydrogen-bond acceptors (Lipinski definition) is 6. The highest BCUT2D eigenvalue weighted by molar-refractivity contribution is 5.71. The zero-order valence-corrected chi connectivity index (χ0v) is 55.5. The quantitative estimate of drug-likeness (QED) is 0.0261. The van der Waals surface area contributed by atoms with Crippen molar-refractivity contribution in [2.45, 2.75) is 419 Å². The molecule has 0 aromatic heterocycles. The number of hydrogen-bond donors (Lipinski definition) is 0. The molecular formula is C76H142O6. The lowest BCUT2D eigenvalue weighted by molar-refractivity contribution is -0.167. The summed E-state index contributed by atoms with van der Waals surface area (Å²) in [6.45, 7) is 6.70. The maximum absolute atomic E-state index is 13.0. The van der Waals surface area contributed by atoms with Crippen LogP contribution < -0.4 is 0 Å². The van der Waals surface area contributed by atoms with Gasteiger partial charge in [-0.3, -0.25) is 14.4 Å². The normalized spacial score (nSPS) is 12.2. The highest BCUT2D eigenvalue weighted by Crippen LogP contribution is 2.19. The topological polar surface area (TPSA) is 78.9 Å². The first-order valence-corrected chi connectivity index (χ1v) is 37.0. The van der Waals surface area contributed by atoms with E-state index in [9.17, 15) is 14.4 Å². The van der Waals surface area contributed by atoms with Crippen molar-refractivity contribution in [3.05, 3.63) is 36.5 Å². The minimum atomic E-state index is -0.774. The Bertz CT molecular complexity index is 1370. The molecule has 0 aliphatic rings. The number of ether oxygens (including phenoxy) is 3. The minimum Gasteiger partial charge on any atom is -0.462 e. The van der Waals surface area contributed by atoms with E-state index >= 15 is 0 Å². The summed E-state index contributed by atoms with van der Waals surface area (Å²) in [4.78, 5) is 38.5. The van der Waals surface area contributed by atoms with Crippen molar-refractivity contribution in [2.75, 3.05) is 13.2 Å². The molecule has 482 valence electrons. The van der Waals surface area contributed by atoms with Crippen LogP contribution in [-0.2, 0) is 28.6 Å². The first kappa shape index (κ1) is 79.6. The van der Waals surface area contributed by atoms with Crippen LogP contribution in [0.2, 0.25) is 0 Å². The van der Waals surface area contributed by atoms with Crippen LogP contribution in [0.3, 0.4) is 0 Å². The summed E-state index contributed by atoms with van der Waals surface area (Å²) in [5.74, 6) is -0.845. The zero-order valence-electron chi connectivity index (χ0n) is 55.5. The third-order valence-corrected chi connectivity index (χ3v) is 16.9. The van der Waals surface area contributed by atoms with Gasteiger partial charge >= 0.3 is 17.9 Å². The van der Waals surface area contributed by atoms with Gasteiger partial charge in [0.1, 0.15) is 13.2 Å². The summed E-state index contributed by atoms with van der Waals surface area (Å²) in [6, 6.07) is 0. The van der Waals surface area contributed by atoms with Crippen LogP contribution >= 0.6 is 0 Å². The molecule has 0 fully saturated rings. The number of carbonyl (C=O) groups excluding carboxylic acids is 3. The van der Waals surface area contributed by atoms with E-state index in [1.165, 1.54) is 302 Å². The average molecular weight is 1150 g/mol. The van der Waals surface area contributed by atoms with Gasteiger partial charge in [-0.2, -0.15) is 0 Å². The highest BCUT2D eigenvalue weighted by Gasteiger charge is 2.19. The second-order valence-electron chi connectivity index (χ2n) is 25.2. The molecule has 0 aliphatic heterocycles. The molecule has 0 N–H and O–H groups in total. The van der Waals surface area contributed by atoms with Gasteiger partial charge in [0.05, 0.1) is 0 Å². The van der Waals surface area contributed by atoms with Crippen LogP contribution in [0, 0.1) is 0 Å². The summed E-state index contributed by atoms with van der Waals surface area (Å²) in [5, 5.41) is 0. The fourth-order valence-electron chi connectivity index (χ4n) is 11.3. The molecule has 0 spiro atoms. The number of carbonyl (C=O) groups is 3. The minimum absolute atomic E-state index is 0.0692. The van der Waals surface area contributed by atoms with Crippen LogP contribution in [0.4, 0.5) is 0 Å². The predicted octanol–water partition coefficient (Wildman–Crippen LogP) is 25.5.